The molecule has 0 aromatic heterocycles. The van der Waals surface area contributed by atoms with Crippen LogP contribution in [0.25, 0.3) is 0 Å². The molecule has 3 aliphatic rings. The Bertz CT molecular complexity index is 300. The molecule has 0 amide bonds. The van der Waals surface area contributed by atoms with Crippen LogP contribution in [0, 0.1) is 5.92 Å². The predicted molar refractivity (Wildman–Crippen MR) is 75.2 cm³/mol. The third-order valence-corrected chi connectivity index (χ3v) is 5.22. The Morgan fingerprint density at radius 3 is 2.79 bits per heavy atom. The normalized spacial score (nSPS) is 42.0. The molecule has 4 heteroatoms. The summed E-state index contributed by atoms with van der Waals surface area (Å²) in [6, 6.07) is 0.605. The lowest BCUT2D eigenvalue weighted by atomic mass is 9.94. The van der Waals surface area contributed by atoms with E-state index in [1.165, 1.54) is 32.2 Å². The van der Waals surface area contributed by atoms with Gasteiger partial charge in [-0.05, 0) is 39.3 Å². The standard InChI is InChI=1S/C15H28N2O2/c1-16-8-9-19-12(10-16)11-17-7-3-5-14(17)13-4-2-6-15(13)18/h12-15,18H,2-11H2,1H3. The summed E-state index contributed by atoms with van der Waals surface area (Å²) in [4.78, 5) is 4.96. The van der Waals surface area contributed by atoms with Crippen LogP contribution in [0.15, 0.2) is 0 Å². The van der Waals surface area contributed by atoms with E-state index in [-0.39, 0.29) is 6.10 Å². The molecule has 1 saturated carbocycles. The summed E-state index contributed by atoms with van der Waals surface area (Å²) in [6.45, 7) is 5.22. The topological polar surface area (TPSA) is 35.9 Å². The van der Waals surface area contributed by atoms with Crippen LogP contribution in [0.3, 0.4) is 0 Å². The van der Waals surface area contributed by atoms with Crippen molar-refractivity contribution < 1.29 is 9.84 Å². The van der Waals surface area contributed by atoms with Crippen LogP contribution in [-0.4, -0.2) is 73.0 Å². The molecule has 0 spiro atoms. The number of hydrogen-bond donors (Lipinski definition) is 1. The number of morpholine rings is 1. The first kappa shape index (κ1) is 13.8. The molecule has 1 N–H and O–H groups in total. The lowest BCUT2D eigenvalue weighted by molar-refractivity contribution is -0.0434. The van der Waals surface area contributed by atoms with E-state index in [9.17, 15) is 5.11 Å². The van der Waals surface area contributed by atoms with Gasteiger partial charge in [0.25, 0.3) is 0 Å². The van der Waals surface area contributed by atoms with E-state index >= 15 is 0 Å². The molecule has 4 atom stereocenters. The number of nitrogens with zero attached hydrogens (tertiary/aromatic N) is 2. The summed E-state index contributed by atoms with van der Waals surface area (Å²) in [5, 5.41) is 10.1. The third-order valence-electron chi connectivity index (χ3n) is 5.22. The van der Waals surface area contributed by atoms with Gasteiger partial charge in [0.1, 0.15) is 0 Å². The lowest BCUT2D eigenvalue weighted by Crippen LogP contribution is -2.49. The lowest BCUT2D eigenvalue weighted by Gasteiger charge is -2.36. The Morgan fingerprint density at radius 1 is 1.16 bits per heavy atom. The Labute approximate surface area is 116 Å². The maximum atomic E-state index is 10.1. The monoisotopic (exact) mass is 268 g/mol. The van der Waals surface area contributed by atoms with Crippen LogP contribution in [-0.2, 0) is 4.74 Å². The highest BCUT2D eigenvalue weighted by Crippen LogP contribution is 2.35. The second-order valence-electron chi connectivity index (χ2n) is 6.62. The first-order valence-corrected chi connectivity index (χ1v) is 7.96. The van der Waals surface area contributed by atoms with Gasteiger partial charge in [-0.15, -0.1) is 0 Å². The van der Waals surface area contributed by atoms with Gasteiger partial charge in [-0.25, -0.2) is 0 Å². The number of aliphatic hydroxyl groups is 1. The molecule has 4 unspecified atom stereocenters. The summed E-state index contributed by atoms with van der Waals surface area (Å²) in [7, 11) is 2.18. The summed E-state index contributed by atoms with van der Waals surface area (Å²) < 4.78 is 5.90. The SMILES string of the molecule is CN1CCOC(CN2CCCC2C2CCCC2O)C1. The minimum Gasteiger partial charge on any atom is -0.393 e. The number of likely N-dealkylation sites (tertiary alicyclic amines) is 1. The average Bonchev–Trinajstić information content (AvgIpc) is 2.98. The van der Waals surface area contributed by atoms with E-state index in [0.29, 0.717) is 18.1 Å². The molecule has 3 fully saturated rings. The zero-order chi connectivity index (χ0) is 13.2. The second-order valence-corrected chi connectivity index (χ2v) is 6.62. The molecule has 4 nitrogen and oxygen atoms in total. The first-order chi connectivity index (χ1) is 9.24. The van der Waals surface area contributed by atoms with Crippen LogP contribution < -0.4 is 0 Å². The fourth-order valence-corrected chi connectivity index (χ4v) is 4.22. The van der Waals surface area contributed by atoms with Gasteiger partial charge in [0, 0.05) is 31.6 Å². The van der Waals surface area contributed by atoms with Gasteiger partial charge in [-0.3, -0.25) is 4.90 Å². The molecule has 110 valence electrons. The predicted octanol–water partition coefficient (Wildman–Crippen LogP) is 0.942. The maximum Gasteiger partial charge on any atom is 0.0829 e. The largest absolute Gasteiger partial charge is 0.393 e. The van der Waals surface area contributed by atoms with Crippen molar-refractivity contribution in [1.29, 1.82) is 0 Å². The van der Waals surface area contributed by atoms with Crippen LogP contribution in [0.1, 0.15) is 32.1 Å². The highest BCUT2D eigenvalue weighted by atomic mass is 16.5. The Hall–Kier alpha value is -0.160. The number of hydrogen-bond acceptors (Lipinski definition) is 4. The van der Waals surface area contributed by atoms with Gasteiger partial charge >= 0.3 is 0 Å². The van der Waals surface area contributed by atoms with Gasteiger partial charge in [0.05, 0.1) is 18.8 Å². The molecule has 0 aromatic carbocycles. The number of rotatable bonds is 3. The van der Waals surface area contributed by atoms with E-state index in [4.69, 9.17) is 4.74 Å². The molecule has 2 aliphatic heterocycles. The minimum atomic E-state index is -0.0550. The first-order valence-electron chi connectivity index (χ1n) is 7.96. The van der Waals surface area contributed by atoms with Crippen molar-refractivity contribution in [3.8, 4) is 0 Å². The van der Waals surface area contributed by atoms with Crippen LogP contribution in [0.2, 0.25) is 0 Å². The molecular formula is C15H28N2O2. The molecule has 2 saturated heterocycles. The Morgan fingerprint density at radius 2 is 2.05 bits per heavy atom. The number of likely N-dealkylation sites (N-methyl/N-ethyl adjacent to an activating group) is 1. The Kier molecular flexibility index (Phi) is 4.42. The second kappa shape index (κ2) is 6.08. The quantitative estimate of drug-likeness (QED) is 0.826. The third kappa shape index (κ3) is 3.13. The molecule has 19 heavy (non-hydrogen) atoms. The van der Waals surface area contributed by atoms with Crippen LogP contribution >= 0.6 is 0 Å². The van der Waals surface area contributed by atoms with Gasteiger partial charge < -0.3 is 14.7 Å². The minimum absolute atomic E-state index is 0.0550. The molecule has 2 heterocycles. The van der Waals surface area contributed by atoms with E-state index in [2.05, 4.69) is 16.8 Å². The van der Waals surface area contributed by atoms with Crippen molar-refractivity contribution in [1.82, 2.24) is 9.80 Å². The zero-order valence-electron chi connectivity index (χ0n) is 12.1. The Balaban J connectivity index is 1.57. The number of ether oxygens (including phenoxy) is 1. The van der Waals surface area contributed by atoms with Gasteiger partial charge in [0.2, 0.25) is 0 Å². The molecule has 3 rings (SSSR count). The number of aliphatic hydroxyl groups excluding tert-OH is 1. The fourth-order valence-electron chi connectivity index (χ4n) is 4.22. The fraction of sp³-hybridized carbons (Fsp3) is 1.00. The maximum absolute atomic E-state index is 10.1. The van der Waals surface area contributed by atoms with E-state index in [1.807, 2.05) is 0 Å². The van der Waals surface area contributed by atoms with Gasteiger partial charge in [-0.1, -0.05) is 6.42 Å². The van der Waals surface area contributed by atoms with Crippen molar-refractivity contribution >= 4 is 0 Å². The van der Waals surface area contributed by atoms with E-state index < -0.39 is 0 Å². The van der Waals surface area contributed by atoms with Gasteiger partial charge in [0.15, 0.2) is 0 Å². The zero-order valence-corrected chi connectivity index (χ0v) is 12.1. The van der Waals surface area contributed by atoms with Crippen molar-refractivity contribution in [3.63, 3.8) is 0 Å². The van der Waals surface area contributed by atoms with Crippen LogP contribution in [0.5, 0.6) is 0 Å². The smallest absolute Gasteiger partial charge is 0.0829 e. The molecular weight excluding hydrogens is 240 g/mol. The average molecular weight is 268 g/mol. The molecule has 1 aliphatic carbocycles. The van der Waals surface area contributed by atoms with Crippen LogP contribution in [0.4, 0.5) is 0 Å². The summed E-state index contributed by atoms with van der Waals surface area (Å²) in [6.07, 6.45) is 6.30. The van der Waals surface area contributed by atoms with Crippen molar-refractivity contribution in [2.75, 3.05) is 39.8 Å². The summed E-state index contributed by atoms with van der Waals surface area (Å²) >= 11 is 0. The van der Waals surface area contributed by atoms with Crippen molar-refractivity contribution in [2.45, 2.75) is 50.4 Å². The highest BCUT2D eigenvalue weighted by Gasteiger charge is 2.39. The molecule has 0 aromatic rings. The van der Waals surface area contributed by atoms with E-state index in [0.717, 1.165) is 32.7 Å². The van der Waals surface area contributed by atoms with Crippen molar-refractivity contribution in [2.24, 2.45) is 5.92 Å². The highest BCUT2D eigenvalue weighted by molar-refractivity contribution is 4.92. The molecule has 0 radical (unpaired) electrons. The molecule has 0 bridgehead atoms. The van der Waals surface area contributed by atoms with Crippen molar-refractivity contribution in [3.05, 3.63) is 0 Å². The van der Waals surface area contributed by atoms with E-state index in [1.54, 1.807) is 0 Å². The van der Waals surface area contributed by atoms with Gasteiger partial charge in [-0.2, -0.15) is 0 Å². The summed E-state index contributed by atoms with van der Waals surface area (Å²) in [5.74, 6) is 0.517. The summed E-state index contributed by atoms with van der Waals surface area (Å²) in [5.41, 5.74) is 0.